The summed E-state index contributed by atoms with van der Waals surface area (Å²) in [6, 6.07) is 0. The minimum absolute atomic E-state index is 0.0208. The van der Waals surface area contributed by atoms with Crippen LogP contribution in [-0.4, -0.2) is 35.5 Å². The summed E-state index contributed by atoms with van der Waals surface area (Å²) < 4.78 is 9.81. The number of hydrogen-bond donors (Lipinski definition) is 3. The van der Waals surface area contributed by atoms with Gasteiger partial charge >= 0.3 is 5.97 Å². The Hall–Kier alpha value is -2.55. The molecule has 0 radical (unpaired) electrons. The van der Waals surface area contributed by atoms with E-state index in [0.717, 1.165) is 0 Å². The first-order valence-electron chi connectivity index (χ1n) is 4.85. The van der Waals surface area contributed by atoms with Crippen molar-refractivity contribution in [2.45, 2.75) is 6.92 Å². The third kappa shape index (κ3) is 2.25. The Morgan fingerprint density at radius 2 is 1.61 bits per heavy atom. The Morgan fingerprint density at radius 1 is 1.11 bits per heavy atom. The average Bonchev–Trinajstić information content (AvgIpc) is 2.32. The molecule has 0 bridgehead atoms. The van der Waals surface area contributed by atoms with Gasteiger partial charge in [-0.25, -0.2) is 4.79 Å². The first-order chi connectivity index (χ1) is 8.43. The topological polar surface area (TPSA) is 96.2 Å². The van der Waals surface area contributed by atoms with Crippen LogP contribution in [0.2, 0.25) is 0 Å². The normalized spacial score (nSPS) is 9.28. The Balaban J connectivity index is 3.61. The predicted octanol–water partition coefficient (Wildman–Crippen LogP) is 0.860. The molecule has 0 aromatic heterocycles. The maximum Gasteiger partial charge on any atom is 0.382 e. The van der Waals surface area contributed by atoms with Gasteiger partial charge in [0.05, 0.1) is 19.8 Å². The fourth-order valence-corrected chi connectivity index (χ4v) is 1.44. The maximum atomic E-state index is 10.4. The fourth-order valence-electron chi connectivity index (χ4n) is 1.44. The second kappa shape index (κ2) is 5.19. The lowest BCUT2D eigenvalue weighted by atomic mass is 10.0. The largest absolute Gasteiger partial charge is 0.504 e. The van der Waals surface area contributed by atoms with E-state index >= 15 is 0 Å². The zero-order valence-corrected chi connectivity index (χ0v) is 10.1. The van der Waals surface area contributed by atoms with Crippen LogP contribution in [0.4, 0.5) is 0 Å². The highest BCUT2D eigenvalue weighted by atomic mass is 16.5. The van der Waals surface area contributed by atoms with Crippen LogP contribution in [0, 0.1) is 18.8 Å². The second-order valence-electron chi connectivity index (χ2n) is 3.32. The standard InChI is InChI=1S/C12H12O6/c1-6-7(4-5-8(13)14)10(16)12(18-3)11(17-2)9(6)15/h15-16H,1-3H3,(H,13,14). The quantitative estimate of drug-likeness (QED) is 0.533. The van der Waals surface area contributed by atoms with Crippen LogP contribution in [0.1, 0.15) is 11.1 Å². The van der Waals surface area contributed by atoms with Crippen LogP contribution >= 0.6 is 0 Å². The third-order valence-corrected chi connectivity index (χ3v) is 2.31. The highest BCUT2D eigenvalue weighted by Crippen LogP contribution is 2.47. The highest BCUT2D eigenvalue weighted by molar-refractivity contribution is 5.88. The van der Waals surface area contributed by atoms with Crippen molar-refractivity contribution >= 4 is 5.97 Å². The van der Waals surface area contributed by atoms with Crippen LogP contribution in [0.15, 0.2) is 0 Å². The monoisotopic (exact) mass is 252 g/mol. The van der Waals surface area contributed by atoms with E-state index in [0.29, 0.717) is 0 Å². The van der Waals surface area contributed by atoms with Crippen molar-refractivity contribution in [3.8, 4) is 34.8 Å². The molecule has 0 heterocycles. The molecule has 0 unspecified atom stereocenters. The molecule has 0 aliphatic rings. The molecule has 0 saturated heterocycles. The first kappa shape index (κ1) is 13.5. The van der Waals surface area contributed by atoms with Crippen LogP contribution < -0.4 is 9.47 Å². The maximum absolute atomic E-state index is 10.4. The van der Waals surface area contributed by atoms with Gasteiger partial charge in [0.2, 0.25) is 11.5 Å². The molecule has 0 atom stereocenters. The lowest BCUT2D eigenvalue weighted by molar-refractivity contribution is -0.130. The Labute approximate surface area is 103 Å². The summed E-state index contributed by atoms with van der Waals surface area (Å²) >= 11 is 0. The van der Waals surface area contributed by atoms with E-state index < -0.39 is 5.97 Å². The zero-order valence-electron chi connectivity index (χ0n) is 10.1. The van der Waals surface area contributed by atoms with Gasteiger partial charge in [0.25, 0.3) is 0 Å². The molecule has 0 amide bonds. The van der Waals surface area contributed by atoms with Gasteiger partial charge in [0, 0.05) is 11.5 Å². The number of carbonyl (C=O) groups is 1. The molecular formula is C12H12O6. The lowest BCUT2D eigenvalue weighted by Crippen LogP contribution is -1.97. The number of phenolic OH excluding ortho intramolecular Hbond substituents is 2. The van der Waals surface area contributed by atoms with Crippen molar-refractivity contribution in [1.29, 1.82) is 0 Å². The number of benzene rings is 1. The number of carboxylic acids is 1. The predicted molar refractivity (Wildman–Crippen MR) is 62.1 cm³/mol. The Morgan fingerprint density at radius 3 is 2.06 bits per heavy atom. The Bertz CT molecular complexity index is 550. The van der Waals surface area contributed by atoms with Gasteiger partial charge < -0.3 is 24.8 Å². The van der Waals surface area contributed by atoms with Crippen molar-refractivity contribution in [1.82, 2.24) is 0 Å². The summed E-state index contributed by atoms with van der Waals surface area (Å²) in [7, 11) is 2.58. The minimum atomic E-state index is -1.34. The van der Waals surface area contributed by atoms with Crippen molar-refractivity contribution in [2.24, 2.45) is 0 Å². The summed E-state index contributed by atoms with van der Waals surface area (Å²) in [5.74, 6) is 1.99. The summed E-state index contributed by atoms with van der Waals surface area (Å²) in [4.78, 5) is 10.4. The SMILES string of the molecule is COc1c(O)c(C)c(C#CC(=O)O)c(O)c1OC. The molecule has 1 aromatic rings. The summed E-state index contributed by atoms with van der Waals surface area (Å²) in [6.07, 6.45) is 0. The van der Waals surface area contributed by atoms with Crippen molar-refractivity contribution in [3.05, 3.63) is 11.1 Å². The number of ether oxygens (including phenoxy) is 2. The first-order valence-corrected chi connectivity index (χ1v) is 4.85. The molecule has 0 aliphatic carbocycles. The van der Waals surface area contributed by atoms with Gasteiger partial charge in [0.15, 0.2) is 11.5 Å². The third-order valence-electron chi connectivity index (χ3n) is 2.31. The van der Waals surface area contributed by atoms with Gasteiger partial charge in [-0.15, -0.1) is 0 Å². The zero-order chi connectivity index (χ0) is 13.9. The van der Waals surface area contributed by atoms with E-state index in [-0.39, 0.29) is 34.1 Å². The average molecular weight is 252 g/mol. The second-order valence-corrected chi connectivity index (χ2v) is 3.32. The number of aromatic hydroxyl groups is 2. The van der Waals surface area contributed by atoms with E-state index in [1.54, 1.807) is 0 Å². The van der Waals surface area contributed by atoms with Gasteiger partial charge in [-0.05, 0) is 6.92 Å². The Kier molecular flexibility index (Phi) is 3.89. The van der Waals surface area contributed by atoms with E-state index in [4.69, 9.17) is 14.6 Å². The van der Waals surface area contributed by atoms with E-state index in [1.165, 1.54) is 21.1 Å². The molecule has 1 aromatic carbocycles. The number of carboxylic acid groups (broad SMARTS) is 1. The molecule has 0 aliphatic heterocycles. The molecule has 0 saturated carbocycles. The number of hydrogen-bond acceptors (Lipinski definition) is 5. The number of phenols is 2. The number of methoxy groups -OCH3 is 2. The van der Waals surface area contributed by atoms with Crippen LogP contribution in [0.25, 0.3) is 0 Å². The lowest BCUT2D eigenvalue weighted by Gasteiger charge is -2.14. The fraction of sp³-hybridized carbons (Fsp3) is 0.250. The van der Waals surface area contributed by atoms with Crippen molar-refractivity contribution in [2.75, 3.05) is 14.2 Å². The van der Waals surface area contributed by atoms with Crippen molar-refractivity contribution in [3.63, 3.8) is 0 Å². The van der Waals surface area contributed by atoms with Crippen LogP contribution in [0.3, 0.4) is 0 Å². The van der Waals surface area contributed by atoms with Gasteiger partial charge in [-0.1, -0.05) is 5.92 Å². The number of aliphatic carboxylic acids is 1. The van der Waals surface area contributed by atoms with Crippen LogP contribution in [0.5, 0.6) is 23.0 Å². The number of rotatable bonds is 2. The molecule has 6 nitrogen and oxygen atoms in total. The molecule has 6 heteroatoms. The van der Waals surface area contributed by atoms with E-state index in [9.17, 15) is 15.0 Å². The van der Waals surface area contributed by atoms with Crippen LogP contribution in [-0.2, 0) is 4.79 Å². The molecule has 3 N–H and O–H groups in total. The molecule has 96 valence electrons. The van der Waals surface area contributed by atoms with E-state index in [1.807, 2.05) is 5.92 Å². The highest BCUT2D eigenvalue weighted by Gasteiger charge is 2.22. The van der Waals surface area contributed by atoms with Gasteiger partial charge in [-0.2, -0.15) is 0 Å². The van der Waals surface area contributed by atoms with Gasteiger partial charge in [0.1, 0.15) is 0 Å². The minimum Gasteiger partial charge on any atom is -0.504 e. The molecule has 18 heavy (non-hydrogen) atoms. The molecule has 1 rings (SSSR count). The smallest absolute Gasteiger partial charge is 0.382 e. The molecule has 0 fully saturated rings. The summed E-state index contributed by atoms with van der Waals surface area (Å²) in [5, 5.41) is 28.2. The molecule has 0 spiro atoms. The summed E-state index contributed by atoms with van der Waals surface area (Å²) in [5.41, 5.74) is 0.187. The van der Waals surface area contributed by atoms with Gasteiger partial charge in [-0.3, -0.25) is 0 Å². The van der Waals surface area contributed by atoms with E-state index in [2.05, 4.69) is 5.92 Å². The van der Waals surface area contributed by atoms with Crippen molar-refractivity contribution < 1.29 is 29.6 Å². The summed E-state index contributed by atoms with van der Waals surface area (Å²) in [6.45, 7) is 1.48. The molecular weight excluding hydrogens is 240 g/mol.